The zero-order valence-electron chi connectivity index (χ0n) is 22.6. The summed E-state index contributed by atoms with van der Waals surface area (Å²) in [5.74, 6) is -1.41. The molecule has 12 heteroatoms. The number of hydrogen-bond acceptors (Lipinski definition) is 7. The lowest BCUT2D eigenvalue weighted by atomic mass is 10.1. The maximum atomic E-state index is 13.0. The molecule has 9 nitrogen and oxygen atoms in total. The number of esters is 1. The first-order chi connectivity index (χ1) is 20.0. The third kappa shape index (κ3) is 8.85. The number of benzene rings is 3. The van der Waals surface area contributed by atoms with Crippen molar-refractivity contribution >= 4 is 35.2 Å². The van der Waals surface area contributed by atoms with Gasteiger partial charge in [-0.05, 0) is 80.1 Å². The third-order valence-corrected chi connectivity index (χ3v) is 5.43. The minimum absolute atomic E-state index is 0.122. The van der Waals surface area contributed by atoms with Gasteiger partial charge in [-0.3, -0.25) is 9.59 Å². The predicted octanol–water partition coefficient (Wildman–Crippen LogP) is 5.84. The van der Waals surface area contributed by atoms with Gasteiger partial charge in [-0.2, -0.15) is 18.4 Å². The van der Waals surface area contributed by atoms with Gasteiger partial charge in [-0.1, -0.05) is 12.1 Å². The van der Waals surface area contributed by atoms with Crippen molar-refractivity contribution in [3.63, 3.8) is 0 Å². The van der Waals surface area contributed by atoms with E-state index in [2.05, 4.69) is 10.6 Å². The molecule has 0 unspecified atom stereocenters. The summed E-state index contributed by atoms with van der Waals surface area (Å²) in [4.78, 5) is 36.8. The number of nitriles is 1. The Balaban J connectivity index is 1.68. The van der Waals surface area contributed by atoms with E-state index in [0.29, 0.717) is 16.8 Å². The molecule has 3 rings (SSSR count). The van der Waals surface area contributed by atoms with E-state index in [1.165, 1.54) is 42.5 Å². The fraction of sp³-hybridized carbons (Fsp3) is 0.200. The summed E-state index contributed by atoms with van der Waals surface area (Å²) in [5.41, 5.74) is -0.281. The Morgan fingerprint density at radius 1 is 0.881 bits per heavy atom. The molecule has 3 aromatic carbocycles. The van der Waals surface area contributed by atoms with Gasteiger partial charge in [0.15, 0.2) is 18.1 Å². The van der Waals surface area contributed by atoms with Crippen LogP contribution in [0, 0.1) is 11.3 Å². The van der Waals surface area contributed by atoms with Crippen molar-refractivity contribution < 1.29 is 41.8 Å². The molecule has 0 aliphatic rings. The average molecular weight is 582 g/mol. The summed E-state index contributed by atoms with van der Waals surface area (Å²) < 4.78 is 55.0. The minimum Gasteiger partial charge on any atom is -0.490 e. The Morgan fingerprint density at radius 2 is 1.62 bits per heavy atom. The van der Waals surface area contributed by atoms with Gasteiger partial charge < -0.3 is 24.8 Å². The van der Waals surface area contributed by atoms with Gasteiger partial charge in [0.1, 0.15) is 11.6 Å². The maximum absolute atomic E-state index is 13.0. The lowest BCUT2D eigenvalue weighted by Crippen LogP contribution is -2.20. The van der Waals surface area contributed by atoms with Crippen LogP contribution in [0.2, 0.25) is 0 Å². The normalized spacial score (nSPS) is 11.2. The first-order valence-electron chi connectivity index (χ1n) is 12.6. The number of ether oxygens (including phenoxy) is 3. The van der Waals surface area contributed by atoms with E-state index in [1.807, 2.05) is 0 Å². The number of amides is 2. The van der Waals surface area contributed by atoms with Crippen LogP contribution < -0.4 is 20.1 Å². The Labute approximate surface area is 239 Å². The van der Waals surface area contributed by atoms with E-state index in [4.69, 9.17) is 14.2 Å². The number of carbonyl (C=O) groups excluding carboxylic acids is 3. The van der Waals surface area contributed by atoms with Gasteiger partial charge in [-0.25, -0.2) is 4.79 Å². The van der Waals surface area contributed by atoms with Crippen molar-refractivity contribution in [2.45, 2.75) is 20.0 Å². The van der Waals surface area contributed by atoms with Crippen LogP contribution >= 0.6 is 0 Å². The smallest absolute Gasteiger partial charge is 0.416 e. The van der Waals surface area contributed by atoms with E-state index in [9.17, 15) is 32.8 Å². The number of carbonyl (C=O) groups is 3. The van der Waals surface area contributed by atoms with Crippen LogP contribution in [0.25, 0.3) is 6.08 Å². The van der Waals surface area contributed by atoms with Crippen molar-refractivity contribution in [2.75, 3.05) is 30.5 Å². The molecule has 0 spiro atoms. The van der Waals surface area contributed by atoms with Crippen molar-refractivity contribution in [1.29, 1.82) is 5.26 Å². The van der Waals surface area contributed by atoms with Crippen molar-refractivity contribution in [3.05, 3.63) is 89.0 Å². The second kappa shape index (κ2) is 14.4. The maximum Gasteiger partial charge on any atom is 0.416 e. The van der Waals surface area contributed by atoms with Gasteiger partial charge >= 0.3 is 12.1 Å². The minimum atomic E-state index is -4.59. The van der Waals surface area contributed by atoms with E-state index in [-0.39, 0.29) is 42.6 Å². The molecule has 218 valence electrons. The first-order valence-corrected chi connectivity index (χ1v) is 12.6. The van der Waals surface area contributed by atoms with E-state index >= 15 is 0 Å². The van der Waals surface area contributed by atoms with Gasteiger partial charge in [-0.15, -0.1) is 0 Å². The molecule has 0 aromatic heterocycles. The molecule has 0 heterocycles. The van der Waals surface area contributed by atoms with Gasteiger partial charge in [0, 0.05) is 11.4 Å². The second-order valence-electron chi connectivity index (χ2n) is 8.48. The highest BCUT2D eigenvalue weighted by Crippen LogP contribution is 2.31. The zero-order chi connectivity index (χ0) is 30.7. The molecule has 0 bridgehead atoms. The van der Waals surface area contributed by atoms with Crippen LogP contribution in [0.15, 0.2) is 72.3 Å². The summed E-state index contributed by atoms with van der Waals surface area (Å²) in [6.07, 6.45) is -3.35. The summed E-state index contributed by atoms with van der Waals surface area (Å²) >= 11 is 0. The second-order valence-corrected chi connectivity index (χ2v) is 8.48. The Bertz CT molecular complexity index is 1510. The Hall–Kier alpha value is -5.31. The van der Waals surface area contributed by atoms with Crippen LogP contribution in [0.5, 0.6) is 11.5 Å². The number of hydrogen-bond donors (Lipinski definition) is 2. The topological polar surface area (TPSA) is 127 Å². The van der Waals surface area contributed by atoms with Crippen LogP contribution in [-0.4, -0.2) is 37.6 Å². The first kappa shape index (κ1) is 31.2. The standard InChI is InChI=1S/C30H26F3N3O6/c1-3-40-26-15-19(14-21(17-34)28(38)36-24-7-5-6-22(16-24)30(31,32)33)8-13-25(26)42-18-27(37)35-23-11-9-20(10-12-23)29(39)41-4-2/h5-16H,3-4,18H2,1-2H3,(H,35,37)(H,36,38). The molecule has 0 saturated carbocycles. The highest BCUT2D eigenvalue weighted by molar-refractivity contribution is 6.09. The fourth-order valence-corrected chi connectivity index (χ4v) is 3.53. The summed E-state index contributed by atoms with van der Waals surface area (Å²) in [6.45, 7) is 3.53. The summed E-state index contributed by atoms with van der Waals surface area (Å²) in [7, 11) is 0. The molecule has 3 aromatic rings. The highest BCUT2D eigenvalue weighted by atomic mass is 19.4. The lowest BCUT2D eigenvalue weighted by Gasteiger charge is -2.13. The predicted molar refractivity (Wildman–Crippen MR) is 148 cm³/mol. The molecule has 42 heavy (non-hydrogen) atoms. The molecule has 2 N–H and O–H groups in total. The van der Waals surface area contributed by atoms with Crippen molar-refractivity contribution in [2.24, 2.45) is 0 Å². The van der Waals surface area contributed by atoms with Crippen LogP contribution in [-0.2, 0) is 20.5 Å². The monoisotopic (exact) mass is 581 g/mol. The Kier molecular flexibility index (Phi) is 10.7. The van der Waals surface area contributed by atoms with Crippen LogP contribution in [0.3, 0.4) is 0 Å². The zero-order valence-corrected chi connectivity index (χ0v) is 22.6. The highest BCUT2D eigenvalue weighted by Gasteiger charge is 2.30. The van der Waals surface area contributed by atoms with Crippen molar-refractivity contribution in [1.82, 2.24) is 0 Å². The van der Waals surface area contributed by atoms with Gasteiger partial charge in [0.25, 0.3) is 11.8 Å². The third-order valence-electron chi connectivity index (χ3n) is 5.43. The molecule has 0 aliphatic carbocycles. The Morgan fingerprint density at radius 3 is 2.26 bits per heavy atom. The van der Waals surface area contributed by atoms with E-state index in [0.717, 1.165) is 18.2 Å². The van der Waals surface area contributed by atoms with E-state index < -0.39 is 29.5 Å². The molecule has 0 fully saturated rings. The molecule has 2 amide bonds. The van der Waals surface area contributed by atoms with Gasteiger partial charge in [0.2, 0.25) is 0 Å². The number of alkyl halides is 3. The fourth-order valence-electron chi connectivity index (χ4n) is 3.53. The average Bonchev–Trinajstić information content (AvgIpc) is 2.95. The summed E-state index contributed by atoms with van der Waals surface area (Å²) in [6, 6.07) is 16.4. The van der Waals surface area contributed by atoms with E-state index in [1.54, 1.807) is 32.0 Å². The number of rotatable bonds is 11. The van der Waals surface area contributed by atoms with Crippen molar-refractivity contribution in [3.8, 4) is 17.6 Å². The molecule has 0 aliphatic heterocycles. The largest absolute Gasteiger partial charge is 0.490 e. The molecule has 0 radical (unpaired) electrons. The number of nitrogens with zero attached hydrogens (tertiary/aromatic N) is 1. The van der Waals surface area contributed by atoms with Gasteiger partial charge in [0.05, 0.1) is 24.3 Å². The lowest BCUT2D eigenvalue weighted by molar-refractivity contribution is -0.137. The van der Waals surface area contributed by atoms with Crippen LogP contribution in [0.4, 0.5) is 24.5 Å². The quantitative estimate of drug-likeness (QED) is 0.165. The number of halogens is 3. The van der Waals surface area contributed by atoms with Crippen LogP contribution in [0.1, 0.15) is 35.3 Å². The SMILES string of the molecule is CCOC(=O)c1ccc(NC(=O)COc2ccc(C=C(C#N)C(=O)Nc3cccc(C(F)(F)F)c3)cc2OCC)cc1. The molecule has 0 saturated heterocycles. The number of nitrogens with one attached hydrogen (secondary N) is 2. The number of anilines is 2. The molecule has 0 atom stereocenters. The molecular weight excluding hydrogens is 555 g/mol. The molecular formula is C30H26F3N3O6. The summed E-state index contributed by atoms with van der Waals surface area (Å²) in [5, 5.41) is 14.4.